The van der Waals surface area contributed by atoms with Crippen LogP contribution in [0.4, 0.5) is 0 Å². The Morgan fingerprint density at radius 3 is 1.44 bits per heavy atom. The van der Waals surface area contributed by atoms with Crippen LogP contribution in [0.5, 0.6) is 0 Å². The van der Waals surface area contributed by atoms with Gasteiger partial charge in [-0.1, -0.05) is 48.5 Å². The number of hydrogen-bond donors (Lipinski definition) is 0. The average molecular weight is 238 g/mol. The van der Waals surface area contributed by atoms with Crippen LogP contribution in [0.15, 0.2) is 54.5 Å². The molecule has 18 heavy (non-hydrogen) atoms. The Balaban J connectivity index is 2.37. The maximum Gasteiger partial charge on any atom is 0.287 e. The fraction of sp³-hybridized carbons (Fsp3) is 0.125. The number of hydrogen-bond acceptors (Lipinski definition) is 2. The summed E-state index contributed by atoms with van der Waals surface area (Å²) in [7, 11) is 3.27. The van der Waals surface area contributed by atoms with Crippen LogP contribution in [-0.4, -0.2) is 14.2 Å². The molecular formula is C16H14O2. The summed E-state index contributed by atoms with van der Waals surface area (Å²) in [5, 5.41) is 0. The summed E-state index contributed by atoms with van der Waals surface area (Å²) in [5.74, 6) is 0.562. The van der Waals surface area contributed by atoms with E-state index in [0.717, 1.165) is 16.7 Å². The van der Waals surface area contributed by atoms with Crippen LogP contribution in [0.1, 0.15) is 11.1 Å². The van der Waals surface area contributed by atoms with Crippen molar-refractivity contribution in [3.63, 3.8) is 0 Å². The Hall–Kier alpha value is -2.22. The summed E-state index contributed by atoms with van der Waals surface area (Å²) in [6.45, 7) is 0. The Kier molecular flexibility index (Phi) is 2.56. The van der Waals surface area contributed by atoms with Crippen molar-refractivity contribution in [1.29, 1.82) is 0 Å². The second-order valence-corrected chi connectivity index (χ2v) is 4.16. The first-order valence-corrected chi connectivity index (χ1v) is 5.88. The van der Waals surface area contributed by atoms with Crippen molar-refractivity contribution >= 4 is 5.57 Å². The minimum Gasteiger partial charge on any atom is -0.468 e. The van der Waals surface area contributed by atoms with E-state index in [4.69, 9.17) is 9.47 Å². The lowest BCUT2D eigenvalue weighted by Crippen LogP contribution is -1.95. The molecule has 2 aromatic carbocycles. The molecule has 1 aliphatic carbocycles. The average Bonchev–Trinajstić information content (AvgIpc) is 2.76. The van der Waals surface area contributed by atoms with Gasteiger partial charge in [-0.25, -0.2) is 0 Å². The topological polar surface area (TPSA) is 18.5 Å². The van der Waals surface area contributed by atoms with E-state index in [2.05, 4.69) is 36.4 Å². The first-order valence-electron chi connectivity index (χ1n) is 5.88. The normalized spacial score (nSPS) is 11.8. The maximum absolute atomic E-state index is 5.35. The molecule has 0 saturated heterocycles. The van der Waals surface area contributed by atoms with Crippen molar-refractivity contribution in [3.8, 4) is 11.1 Å². The quantitative estimate of drug-likeness (QED) is 0.634. The number of fused-ring (bicyclic) bond motifs is 3. The van der Waals surface area contributed by atoms with Crippen LogP contribution in [0.3, 0.4) is 0 Å². The molecule has 0 fully saturated rings. The smallest absolute Gasteiger partial charge is 0.287 e. The molecule has 0 spiro atoms. The highest BCUT2D eigenvalue weighted by Crippen LogP contribution is 2.45. The summed E-state index contributed by atoms with van der Waals surface area (Å²) in [4.78, 5) is 0. The van der Waals surface area contributed by atoms with Crippen LogP contribution < -0.4 is 0 Å². The molecule has 2 heteroatoms. The van der Waals surface area contributed by atoms with Gasteiger partial charge in [0.05, 0.1) is 19.8 Å². The van der Waals surface area contributed by atoms with E-state index < -0.39 is 0 Å². The molecule has 0 N–H and O–H groups in total. The lowest BCUT2D eigenvalue weighted by molar-refractivity contribution is 0.0984. The van der Waals surface area contributed by atoms with Crippen molar-refractivity contribution in [2.24, 2.45) is 0 Å². The molecule has 2 aromatic rings. The maximum atomic E-state index is 5.35. The van der Waals surface area contributed by atoms with Crippen LogP contribution >= 0.6 is 0 Å². The SMILES string of the molecule is COC(OC)=C1c2ccccc2-c2ccccc21. The van der Waals surface area contributed by atoms with Crippen molar-refractivity contribution in [1.82, 2.24) is 0 Å². The van der Waals surface area contributed by atoms with Gasteiger partial charge in [-0.3, -0.25) is 0 Å². The Bertz CT molecular complexity index is 573. The van der Waals surface area contributed by atoms with Gasteiger partial charge in [-0.15, -0.1) is 0 Å². The molecular weight excluding hydrogens is 224 g/mol. The third-order valence-corrected chi connectivity index (χ3v) is 3.26. The lowest BCUT2D eigenvalue weighted by Gasteiger charge is -2.09. The zero-order chi connectivity index (χ0) is 12.5. The largest absolute Gasteiger partial charge is 0.468 e. The molecule has 0 unspecified atom stereocenters. The fourth-order valence-corrected chi connectivity index (χ4v) is 2.52. The zero-order valence-electron chi connectivity index (χ0n) is 10.4. The van der Waals surface area contributed by atoms with Gasteiger partial charge in [-0.2, -0.15) is 0 Å². The molecule has 90 valence electrons. The van der Waals surface area contributed by atoms with Gasteiger partial charge in [0, 0.05) is 0 Å². The van der Waals surface area contributed by atoms with E-state index in [9.17, 15) is 0 Å². The van der Waals surface area contributed by atoms with Gasteiger partial charge >= 0.3 is 0 Å². The second-order valence-electron chi connectivity index (χ2n) is 4.16. The van der Waals surface area contributed by atoms with Crippen LogP contribution in [0, 0.1) is 0 Å². The molecule has 0 bridgehead atoms. The molecule has 1 aliphatic rings. The minimum absolute atomic E-state index is 0.562. The summed E-state index contributed by atoms with van der Waals surface area (Å²) in [6, 6.07) is 16.6. The van der Waals surface area contributed by atoms with Crippen molar-refractivity contribution in [2.45, 2.75) is 0 Å². The summed E-state index contributed by atoms with van der Waals surface area (Å²) >= 11 is 0. The monoisotopic (exact) mass is 238 g/mol. The highest BCUT2D eigenvalue weighted by atomic mass is 16.7. The van der Waals surface area contributed by atoms with Crippen LogP contribution in [0.2, 0.25) is 0 Å². The lowest BCUT2D eigenvalue weighted by atomic mass is 10.1. The molecule has 0 heterocycles. The molecule has 2 nitrogen and oxygen atoms in total. The number of rotatable bonds is 2. The summed E-state index contributed by atoms with van der Waals surface area (Å²) in [5.41, 5.74) is 5.82. The van der Waals surface area contributed by atoms with Gasteiger partial charge in [-0.05, 0) is 22.3 Å². The van der Waals surface area contributed by atoms with E-state index in [-0.39, 0.29) is 0 Å². The summed E-state index contributed by atoms with van der Waals surface area (Å²) in [6.07, 6.45) is 0. The first kappa shape index (κ1) is 10.9. The summed E-state index contributed by atoms with van der Waals surface area (Å²) < 4.78 is 10.7. The van der Waals surface area contributed by atoms with Gasteiger partial charge in [0.1, 0.15) is 0 Å². The third kappa shape index (κ3) is 1.42. The standard InChI is InChI=1S/C16H14O2/c1-17-16(18-2)15-13-9-5-3-7-11(13)12-8-4-6-10-14(12)15/h3-10H,1-2H3. The molecule has 0 atom stereocenters. The van der Waals surface area contributed by atoms with Gasteiger partial charge in [0.25, 0.3) is 5.95 Å². The zero-order valence-corrected chi connectivity index (χ0v) is 10.4. The van der Waals surface area contributed by atoms with Crippen LogP contribution in [-0.2, 0) is 9.47 Å². The van der Waals surface area contributed by atoms with Crippen LogP contribution in [0.25, 0.3) is 16.7 Å². The van der Waals surface area contributed by atoms with E-state index in [1.165, 1.54) is 11.1 Å². The molecule has 0 aliphatic heterocycles. The molecule has 3 rings (SSSR count). The molecule has 0 amide bonds. The third-order valence-electron chi connectivity index (χ3n) is 3.26. The fourth-order valence-electron chi connectivity index (χ4n) is 2.52. The highest BCUT2D eigenvalue weighted by molar-refractivity contribution is 6.01. The Morgan fingerprint density at radius 2 is 1.06 bits per heavy atom. The predicted molar refractivity (Wildman–Crippen MR) is 71.9 cm³/mol. The van der Waals surface area contributed by atoms with Gasteiger partial charge in [0.2, 0.25) is 0 Å². The first-order chi connectivity index (χ1) is 8.86. The van der Waals surface area contributed by atoms with E-state index in [0.29, 0.717) is 5.95 Å². The van der Waals surface area contributed by atoms with Crippen molar-refractivity contribution < 1.29 is 9.47 Å². The van der Waals surface area contributed by atoms with E-state index in [1.54, 1.807) is 14.2 Å². The predicted octanol–water partition coefficient (Wildman–Crippen LogP) is 3.68. The van der Waals surface area contributed by atoms with Crippen molar-refractivity contribution in [3.05, 3.63) is 65.6 Å². The molecule has 0 saturated carbocycles. The number of ether oxygens (including phenoxy) is 2. The number of methoxy groups -OCH3 is 2. The van der Waals surface area contributed by atoms with Crippen molar-refractivity contribution in [2.75, 3.05) is 14.2 Å². The minimum atomic E-state index is 0.562. The second kappa shape index (κ2) is 4.22. The Morgan fingerprint density at radius 1 is 0.667 bits per heavy atom. The van der Waals surface area contributed by atoms with E-state index >= 15 is 0 Å². The van der Waals surface area contributed by atoms with Gasteiger partial charge in [0.15, 0.2) is 0 Å². The van der Waals surface area contributed by atoms with Gasteiger partial charge < -0.3 is 9.47 Å². The Labute approximate surface area is 106 Å². The highest BCUT2D eigenvalue weighted by Gasteiger charge is 2.26. The molecule has 0 aromatic heterocycles. The van der Waals surface area contributed by atoms with E-state index in [1.807, 2.05) is 12.1 Å². The molecule has 0 radical (unpaired) electrons. The number of benzene rings is 2.